The molecule has 2 heteroatoms. The van der Waals surface area contributed by atoms with Gasteiger partial charge in [-0.1, -0.05) is 29.8 Å². The minimum atomic E-state index is 0.262. The van der Waals surface area contributed by atoms with Crippen LogP contribution in [0.4, 0.5) is 0 Å². The van der Waals surface area contributed by atoms with Crippen molar-refractivity contribution < 1.29 is 10.1 Å². The summed E-state index contributed by atoms with van der Waals surface area (Å²) in [5, 5.41) is 2.29. The second-order valence-electron chi connectivity index (χ2n) is 4.37. The van der Waals surface area contributed by atoms with Gasteiger partial charge in [0.1, 0.15) is 0 Å². The molecule has 1 aliphatic heterocycles. The molecule has 0 spiro atoms. The number of ketones is 1. The number of Topliss-reactive ketones (excluding diaryl/α,β-unsaturated/α-hetero) is 1. The number of nitrogens with two attached hydrogens (primary N) is 1. The summed E-state index contributed by atoms with van der Waals surface area (Å²) in [5.74, 6) is 0.598. The average molecular weight is 204 g/mol. The Labute approximate surface area is 90.7 Å². The van der Waals surface area contributed by atoms with Gasteiger partial charge >= 0.3 is 0 Å². The van der Waals surface area contributed by atoms with E-state index in [-0.39, 0.29) is 5.92 Å². The first kappa shape index (κ1) is 10.4. The van der Waals surface area contributed by atoms with E-state index in [0.29, 0.717) is 5.78 Å². The van der Waals surface area contributed by atoms with Crippen molar-refractivity contribution in [1.29, 1.82) is 0 Å². The number of carbonyl (C=O) groups is 1. The Kier molecular flexibility index (Phi) is 3.17. The normalized spacial score (nSPS) is 17.7. The fourth-order valence-corrected chi connectivity index (χ4v) is 2.14. The molecule has 0 unspecified atom stereocenters. The first-order valence-electron chi connectivity index (χ1n) is 5.70. The smallest absolute Gasteiger partial charge is 0.166 e. The van der Waals surface area contributed by atoms with Crippen molar-refractivity contribution >= 4 is 5.78 Å². The van der Waals surface area contributed by atoms with Gasteiger partial charge < -0.3 is 5.32 Å². The third-order valence-electron chi connectivity index (χ3n) is 3.15. The number of piperidine rings is 1. The topological polar surface area (TPSA) is 33.7 Å². The molecule has 2 rings (SSSR count). The third-order valence-corrected chi connectivity index (χ3v) is 3.15. The highest BCUT2D eigenvalue weighted by atomic mass is 16.1. The summed E-state index contributed by atoms with van der Waals surface area (Å²) in [7, 11) is 0. The van der Waals surface area contributed by atoms with Gasteiger partial charge in [0.25, 0.3) is 0 Å². The third kappa shape index (κ3) is 2.45. The van der Waals surface area contributed by atoms with Crippen LogP contribution in [0, 0.1) is 12.8 Å². The van der Waals surface area contributed by atoms with Gasteiger partial charge in [0.05, 0.1) is 13.1 Å². The Bertz CT molecular complexity index is 336. The van der Waals surface area contributed by atoms with Gasteiger partial charge in [-0.25, -0.2) is 0 Å². The highest BCUT2D eigenvalue weighted by molar-refractivity contribution is 5.97. The average Bonchev–Trinajstić information content (AvgIpc) is 2.30. The zero-order valence-corrected chi connectivity index (χ0v) is 9.20. The van der Waals surface area contributed by atoms with Crippen LogP contribution in [-0.4, -0.2) is 18.9 Å². The molecule has 0 aliphatic carbocycles. The van der Waals surface area contributed by atoms with Crippen LogP contribution < -0.4 is 5.32 Å². The zero-order valence-electron chi connectivity index (χ0n) is 9.20. The molecule has 1 aromatic rings. The number of hydrogen-bond acceptors (Lipinski definition) is 1. The number of aryl methyl sites for hydroxylation is 1. The van der Waals surface area contributed by atoms with Crippen LogP contribution in [0.1, 0.15) is 28.8 Å². The van der Waals surface area contributed by atoms with E-state index in [0.717, 1.165) is 31.5 Å². The van der Waals surface area contributed by atoms with Crippen LogP contribution >= 0.6 is 0 Å². The van der Waals surface area contributed by atoms with Gasteiger partial charge in [0.15, 0.2) is 5.78 Å². The summed E-state index contributed by atoms with van der Waals surface area (Å²) in [6.45, 7) is 4.24. The zero-order chi connectivity index (χ0) is 10.7. The Morgan fingerprint density at radius 3 is 2.40 bits per heavy atom. The van der Waals surface area contributed by atoms with Crippen LogP contribution in [0.2, 0.25) is 0 Å². The molecule has 0 bridgehead atoms. The van der Waals surface area contributed by atoms with Gasteiger partial charge in [-0.3, -0.25) is 4.79 Å². The molecule has 0 saturated carbocycles. The minimum absolute atomic E-state index is 0.262. The Balaban J connectivity index is 2.09. The van der Waals surface area contributed by atoms with Crippen molar-refractivity contribution in [3.8, 4) is 0 Å². The molecule has 0 radical (unpaired) electrons. The van der Waals surface area contributed by atoms with Crippen molar-refractivity contribution in [1.82, 2.24) is 0 Å². The summed E-state index contributed by atoms with van der Waals surface area (Å²) >= 11 is 0. The maximum Gasteiger partial charge on any atom is 0.166 e. The number of rotatable bonds is 2. The fourth-order valence-electron chi connectivity index (χ4n) is 2.14. The van der Waals surface area contributed by atoms with E-state index in [1.807, 2.05) is 31.2 Å². The SMILES string of the molecule is Cc1ccc(C(=O)C2CC[NH2+]CC2)cc1. The number of benzene rings is 1. The van der Waals surface area contributed by atoms with Gasteiger partial charge in [0.2, 0.25) is 0 Å². The van der Waals surface area contributed by atoms with Crippen LogP contribution in [0.15, 0.2) is 24.3 Å². The van der Waals surface area contributed by atoms with E-state index in [1.54, 1.807) is 0 Å². The van der Waals surface area contributed by atoms with E-state index in [1.165, 1.54) is 5.56 Å². The summed E-state index contributed by atoms with van der Waals surface area (Å²) in [6.07, 6.45) is 2.07. The Morgan fingerprint density at radius 1 is 1.20 bits per heavy atom. The first-order valence-corrected chi connectivity index (χ1v) is 5.70. The molecule has 0 aromatic heterocycles. The van der Waals surface area contributed by atoms with Gasteiger partial charge in [-0.05, 0) is 6.92 Å². The van der Waals surface area contributed by atoms with Crippen molar-refractivity contribution in [2.24, 2.45) is 5.92 Å². The number of hydrogen-bond donors (Lipinski definition) is 1. The summed E-state index contributed by atoms with van der Waals surface area (Å²) in [6, 6.07) is 7.94. The van der Waals surface area contributed by atoms with Crippen LogP contribution in [0.5, 0.6) is 0 Å². The second kappa shape index (κ2) is 4.58. The highest BCUT2D eigenvalue weighted by Crippen LogP contribution is 2.16. The lowest BCUT2D eigenvalue weighted by Crippen LogP contribution is -2.86. The molecule has 80 valence electrons. The maximum absolute atomic E-state index is 12.1. The number of carbonyl (C=O) groups excluding carboxylic acids is 1. The predicted molar refractivity (Wildman–Crippen MR) is 59.9 cm³/mol. The van der Waals surface area contributed by atoms with Crippen molar-refractivity contribution in [2.45, 2.75) is 19.8 Å². The lowest BCUT2D eigenvalue weighted by molar-refractivity contribution is -0.663. The molecule has 0 amide bonds. The largest absolute Gasteiger partial charge is 0.346 e. The maximum atomic E-state index is 12.1. The van der Waals surface area contributed by atoms with Crippen molar-refractivity contribution in [3.63, 3.8) is 0 Å². The molecule has 1 heterocycles. The molecular weight excluding hydrogens is 186 g/mol. The van der Waals surface area contributed by atoms with Crippen molar-refractivity contribution in [2.75, 3.05) is 13.1 Å². The molecule has 1 saturated heterocycles. The molecule has 1 aromatic carbocycles. The number of quaternary nitrogens is 1. The molecular formula is C13H18NO+. The molecule has 0 atom stereocenters. The minimum Gasteiger partial charge on any atom is -0.346 e. The monoisotopic (exact) mass is 204 g/mol. The quantitative estimate of drug-likeness (QED) is 0.720. The Morgan fingerprint density at radius 2 is 1.80 bits per heavy atom. The molecule has 1 fully saturated rings. The lowest BCUT2D eigenvalue weighted by atomic mass is 9.89. The van der Waals surface area contributed by atoms with Gasteiger partial charge in [-0.15, -0.1) is 0 Å². The van der Waals surface area contributed by atoms with Crippen molar-refractivity contribution in [3.05, 3.63) is 35.4 Å². The molecule has 15 heavy (non-hydrogen) atoms. The van der Waals surface area contributed by atoms with Crippen LogP contribution in [0.3, 0.4) is 0 Å². The fraction of sp³-hybridized carbons (Fsp3) is 0.462. The molecule has 1 aliphatic rings. The molecule has 2 N–H and O–H groups in total. The van der Waals surface area contributed by atoms with E-state index in [9.17, 15) is 4.79 Å². The second-order valence-corrected chi connectivity index (χ2v) is 4.37. The Hall–Kier alpha value is -1.15. The summed E-state index contributed by atoms with van der Waals surface area (Å²) in [5.41, 5.74) is 2.09. The van der Waals surface area contributed by atoms with Gasteiger partial charge in [0, 0.05) is 24.3 Å². The van der Waals surface area contributed by atoms with Gasteiger partial charge in [-0.2, -0.15) is 0 Å². The summed E-state index contributed by atoms with van der Waals surface area (Å²) < 4.78 is 0. The highest BCUT2D eigenvalue weighted by Gasteiger charge is 2.23. The van der Waals surface area contributed by atoms with E-state index >= 15 is 0 Å². The lowest BCUT2D eigenvalue weighted by Gasteiger charge is -2.19. The van der Waals surface area contributed by atoms with E-state index in [2.05, 4.69) is 5.32 Å². The van der Waals surface area contributed by atoms with E-state index in [4.69, 9.17) is 0 Å². The first-order chi connectivity index (χ1) is 7.27. The van der Waals surface area contributed by atoms with E-state index < -0.39 is 0 Å². The standard InChI is InChI=1S/C13H17NO/c1-10-2-4-11(5-3-10)13(15)12-6-8-14-9-7-12/h2-5,12,14H,6-9H2,1H3/p+1. The van der Waals surface area contributed by atoms with Crippen LogP contribution in [0.25, 0.3) is 0 Å². The van der Waals surface area contributed by atoms with Crippen LogP contribution in [-0.2, 0) is 0 Å². The molecule has 2 nitrogen and oxygen atoms in total. The predicted octanol–water partition coefficient (Wildman–Crippen LogP) is 1.15. The summed E-state index contributed by atoms with van der Waals surface area (Å²) in [4.78, 5) is 12.1.